The van der Waals surface area contributed by atoms with Crippen molar-refractivity contribution in [3.8, 4) is 147 Å². The number of nitrogens with zero attached hydrogens (tertiary/aromatic N) is 10. The number of fused-ring (bicyclic) bond motifs is 6. The van der Waals surface area contributed by atoms with Gasteiger partial charge in [0.1, 0.15) is 0 Å². The first-order valence-corrected chi connectivity index (χ1v) is 36.0. The maximum absolute atomic E-state index is 5.38. The molecule has 0 bridgehead atoms. The lowest BCUT2D eigenvalue weighted by atomic mass is 9.88. The Bertz CT molecular complexity index is 6520. The first kappa shape index (κ1) is 63.7. The van der Waals surface area contributed by atoms with Gasteiger partial charge in [0.2, 0.25) is 0 Å². The van der Waals surface area contributed by atoms with E-state index in [2.05, 4.69) is 254 Å². The van der Waals surface area contributed by atoms with Crippen molar-refractivity contribution in [2.24, 2.45) is 0 Å². The van der Waals surface area contributed by atoms with Gasteiger partial charge in [-0.25, -0.2) is 29.9 Å². The van der Waals surface area contributed by atoms with Crippen LogP contribution in [0.15, 0.2) is 346 Å². The molecule has 0 fully saturated rings. The van der Waals surface area contributed by atoms with E-state index >= 15 is 0 Å². The maximum atomic E-state index is 5.38. The van der Waals surface area contributed by atoms with Crippen molar-refractivity contribution in [1.29, 1.82) is 0 Å². The van der Waals surface area contributed by atoms with E-state index in [-0.39, 0.29) is 0 Å². The van der Waals surface area contributed by atoms with Gasteiger partial charge in [-0.15, -0.1) is 0 Å². The molecule has 19 aromatic rings. The van der Waals surface area contributed by atoms with Crippen LogP contribution in [0.5, 0.6) is 0 Å². The van der Waals surface area contributed by atoms with Crippen LogP contribution in [0.25, 0.3) is 190 Å². The van der Waals surface area contributed by atoms with Gasteiger partial charge in [0.15, 0.2) is 34.9 Å². The second-order valence-corrected chi connectivity index (χ2v) is 27.3. The van der Waals surface area contributed by atoms with Gasteiger partial charge in [-0.1, -0.05) is 243 Å². The molecule has 0 aliphatic carbocycles. The van der Waals surface area contributed by atoms with E-state index < -0.39 is 0 Å². The monoisotopic (exact) mass is 1370 g/mol. The third kappa shape index (κ3) is 11.8. The zero-order valence-electron chi connectivity index (χ0n) is 58.9. The fourth-order valence-corrected chi connectivity index (χ4v) is 15.4. The summed E-state index contributed by atoms with van der Waals surface area (Å²) < 4.78 is 4.79. The summed E-state index contributed by atoms with van der Waals surface area (Å²) in [4.78, 5) is 41.4. The molecule has 0 radical (unpaired) electrons. The molecule has 0 spiro atoms. The van der Waals surface area contributed by atoms with Gasteiger partial charge < -0.3 is 9.13 Å². The lowest BCUT2D eigenvalue weighted by Gasteiger charge is -2.17. The van der Waals surface area contributed by atoms with E-state index in [1.165, 1.54) is 16.7 Å². The van der Waals surface area contributed by atoms with E-state index in [9.17, 15) is 0 Å². The van der Waals surface area contributed by atoms with E-state index in [1.807, 2.05) is 122 Å². The van der Waals surface area contributed by atoms with Crippen LogP contribution in [0, 0.1) is 20.8 Å². The van der Waals surface area contributed by atoms with Gasteiger partial charge >= 0.3 is 0 Å². The lowest BCUT2D eigenvalue weighted by Crippen LogP contribution is -2.04. The molecule has 0 amide bonds. The van der Waals surface area contributed by atoms with Gasteiger partial charge in [-0.3, -0.25) is 9.97 Å². The highest BCUT2D eigenvalue weighted by Crippen LogP contribution is 2.46. The summed E-state index contributed by atoms with van der Waals surface area (Å²) in [6, 6.07) is 118. The third-order valence-electron chi connectivity index (χ3n) is 20.5. The highest BCUT2D eigenvalue weighted by molar-refractivity contribution is 6.14. The van der Waals surface area contributed by atoms with Crippen molar-refractivity contribution in [2.75, 3.05) is 0 Å². The molecule has 0 saturated carbocycles. The Morgan fingerprint density at radius 3 is 1.18 bits per heavy atom. The zero-order valence-corrected chi connectivity index (χ0v) is 58.9. The molecule has 13 aromatic carbocycles. The molecule has 0 aliphatic heterocycles. The fraction of sp³-hybridized carbons (Fsp3) is 0.0309. The summed E-state index contributed by atoms with van der Waals surface area (Å²) in [6.45, 7) is 6.64. The first-order valence-electron chi connectivity index (χ1n) is 36.0. The molecule has 0 atom stereocenters. The van der Waals surface area contributed by atoms with Crippen LogP contribution in [0.3, 0.4) is 0 Å². The Morgan fingerprint density at radius 2 is 0.636 bits per heavy atom. The molecular weight excluding hydrogens is 1310 g/mol. The van der Waals surface area contributed by atoms with Crippen LogP contribution in [0.2, 0.25) is 0 Å². The van der Waals surface area contributed by atoms with Crippen LogP contribution in [-0.2, 0) is 0 Å². The maximum Gasteiger partial charge on any atom is 0.166 e. The number of pyridine rings is 2. The summed E-state index contributed by atoms with van der Waals surface area (Å²) in [5.74, 6) is 3.44. The zero-order chi connectivity index (χ0) is 71.5. The van der Waals surface area contributed by atoms with Crippen LogP contribution < -0.4 is 0 Å². The minimum absolute atomic E-state index is 0.547. The van der Waals surface area contributed by atoms with Crippen LogP contribution >= 0.6 is 0 Å². The highest BCUT2D eigenvalue weighted by Gasteiger charge is 2.26. The van der Waals surface area contributed by atoms with E-state index in [1.54, 1.807) is 0 Å². The predicted molar refractivity (Wildman–Crippen MR) is 437 cm³/mol. The van der Waals surface area contributed by atoms with Crippen molar-refractivity contribution in [3.63, 3.8) is 0 Å². The molecule has 0 N–H and O–H groups in total. The molecule has 6 aromatic heterocycles. The molecule has 0 aliphatic rings. The summed E-state index contributed by atoms with van der Waals surface area (Å²) in [6.07, 6.45) is 3.68. The molecule has 0 unspecified atom stereocenters. The largest absolute Gasteiger partial charge is 0.308 e. The van der Waals surface area contributed by atoms with Gasteiger partial charge in [0.25, 0.3) is 0 Å². The van der Waals surface area contributed by atoms with Gasteiger partial charge in [-0.05, 0) is 173 Å². The van der Waals surface area contributed by atoms with Crippen LogP contribution in [0.1, 0.15) is 16.7 Å². The van der Waals surface area contributed by atoms with Crippen molar-refractivity contribution >= 4 is 43.6 Å². The first-order chi connectivity index (χ1) is 52.8. The Hall–Kier alpha value is -14.2. The topological polar surface area (TPSA) is 113 Å². The Labute approximate surface area is 619 Å². The fourth-order valence-electron chi connectivity index (χ4n) is 15.4. The number of hydrogen-bond donors (Lipinski definition) is 0. The van der Waals surface area contributed by atoms with E-state index in [0.717, 1.165) is 155 Å². The van der Waals surface area contributed by atoms with Gasteiger partial charge in [-0.2, -0.15) is 0 Å². The third-order valence-corrected chi connectivity index (χ3v) is 20.5. The summed E-state index contributed by atoms with van der Waals surface area (Å²) in [5, 5.41) is 4.49. The average Bonchev–Trinajstić information content (AvgIpc) is 1.59. The van der Waals surface area contributed by atoms with Crippen molar-refractivity contribution in [1.82, 2.24) is 49.0 Å². The van der Waals surface area contributed by atoms with Crippen LogP contribution in [-0.4, -0.2) is 49.0 Å². The second-order valence-electron chi connectivity index (χ2n) is 27.3. The molecule has 10 heteroatoms. The van der Waals surface area contributed by atoms with Gasteiger partial charge in [0.05, 0.1) is 44.8 Å². The van der Waals surface area contributed by atoms with Gasteiger partial charge in [0, 0.05) is 78.4 Å². The molecule has 107 heavy (non-hydrogen) atoms. The molecule has 0 saturated heterocycles. The number of benzene rings is 13. The summed E-state index contributed by atoms with van der Waals surface area (Å²) >= 11 is 0. The Morgan fingerprint density at radius 1 is 0.215 bits per heavy atom. The van der Waals surface area contributed by atoms with E-state index in [4.69, 9.17) is 39.9 Å². The molecule has 10 nitrogen and oxygen atoms in total. The number of rotatable bonds is 14. The molecule has 504 valence electrons. The highest BCUT2D eigenvalue weighted by atomic mass is 15.1. The van der Waals surface area contributed by atoms with Crippen molar-refractivity contribution in [3.05, 3.63) is 363 Å². The number of para-hydroxylation sites is 1. The van der Waals surface area contributed by atoms with Crippen LogP contribution in [0.4, 0.5) is 0 Å². The predicted octanol–water partition coefficient (Wildman–Crippen LogP) is 24.0. The minimum Gasteiger partial charge on any atom is -0.308 e. The van der Waals surface area contributed by atoms with E-state index in [0.29, 0.717) is 34.9 Å². The standard InChI is InChI=1S/C97H66N10/c1-61-53-73(68-41-46-78-77-36-18-19-40-85(77)107(90(78)60-68)89-49-44-71(84-39-21-23-52-99-84)58-82(89)97-104-94(66-31-12-6-13-32-66)101-95(105-97)67-33-14-7-15-34-67)55-74(54-61)76-37-24-26-63(3)91(76)72-45-50-87-80(59-72)79-56-69(75-35-17-16-25-62(75)2)42-47-86(79)106(87)88-48-43-70(83-38-20-22-51-98-83)57-81(88)96-102-92(64-27-8-4-9-28-64)100-93(103-96)65-29-10-5-11-30-65/h4-60H,1-3H3. The smallest absolute Gasteiger partial charge is 0.166 e. The average molecular weight is 1370 g/mol. The number of aryl methyl sites for hydroxylation is 3. The lowest BCUT2D eigenvalue weighted by molar-refractivity contribution is 1.06. The summed E-state index contributed by atoms with van der Waals surface area (Å²) in [5.41, 5.74) is 27.4. The second kappa shape index (κ2) is 26.9. The Balaban J connectivity index is 0.778. The molecule has 19 rings (SSSR count). The molecule has 6 heterocycles. The quantitative estimate of drug-likeness (QED) is 0.106. The number of aromatic nitrogens is 10. The van der Waals surface area contributed by atoms with Crippen molar-refractivity contribution in [2.45, 2.75) is 20.8 Å². The Kier molecular flexibility index (Phi) is 16.0. The molecular formula is C97H66N10. The number of hydrogen-bond acceptors (Lipinski definition) is 8. The summed E-state index contributed by atoms with van der Waals surface area (Å²) in [7, 11) is 0. The minimum atomic E-state index is 0.547. The SMILES string of the molecule is Cc1cc(-c2ccc3c4ccccc4n(-c4ccc(-c5ccccn5)cc4-c4nc(-c5ccccc5)nc(-c5ccccc5)n4)c3c2)cc(-c2cccc(C)c2-c2ccc3c(c2)c2cc(-c4ccccc4C)ccc2n3-c2ccc(-c3ccccn3)cc2-c2nc(-c3ccccc3)nc(-c3ccccc3)n2)c1. The van der Waals surface area contributed by atoms with Crippen molar-refractivity contribution < 1.29 is 0 Å². The normalized spacial score (nSPS) is 11.5.